The molecule has 1 saturated carbocycles. The van der Waals surface area contributed by atoms with Gasteiger partial charge in [0.05, 0.1) is 30.8 Å². The van der Waals surface area contributed by atoms with E-state index < -0.39 is 21.2 Å². The summed E-state index contributed by atoms with van der Waals surface area (Å²) in [5.74, 6) is 1.14. The second-order valence-corrected chi connectivity index (χ2v) is 19.9. The van der Waals surface area contributed by atoms with Crippen molar-refractivity contribution in [1.29, 1.82) is 0 Å². The van der Waals surface area contributed by atoms with Gasteiger partial charge in [0.15, 0.2) is 0 Å². The van der Waals surface area contributed by atoms with E-state index in [2.05, 4.69) is 38.5 Å². The Kier molecular flexibility index (Phi) is 10.1. The Morgan fingerprint density at radius 3 is 2.69 bits per heavy atom. The van der Waals surface area contributed by atoms with Crippen molar-refractivity contribution in [3.8, 4) is 5.75 Å². The summed E-state index contributed by atoms with van der Waals surface area (Å²) in [4.78, 5) is 21.5. The molecule has 2 bridgehead atoms. The first-order valence-electron chi connectivity index (χ1n) is 19.8. The number of nitrogens with zero attached hydrogens (tertiary/aromatic N) is 3. The number of piperazine rings is 1. The molecule has 0 unspecified atom stereocenters. The fraction of sp³-hybridized carbons (Fsp3) is 0.683. The number of sulfonamides is 1. The highest BCUT2D eigenvalue weighted by atomic mass is 35.5. The number of carbonyl (C=O) groups excluding carboxylic acids is 1. The number of morpholine rings is 1. The standard InChI is InChI=1S/C41H57ClN4O5S/c1-28-6-4-14-40(3,25-44-16-17-45-18-19-50-24-34(45)23-44)35-11-8-32(35)22-46-26-41(15-5-7-30-20-33(42)10-12-36(30)41)27-51-38-13-9-31(21-37(38)46)39(47)43-52(48,49)29(28)2/h9-10,12-13,20-21,28-29,32,34-35H,4-8,11,14-19,22-27H2,1-3H3,(H,43,47)/t28-,29+,32-,34-,35+,40+,41-/m0/s1. The molecule has 2 aliphatic carbocycles. The molecule has 9 nitrogen and oxygen atoms in total. The number of rotatable bonds is 2. The summed E-state index contributed by atoms with van der Waals surface area (Å²) in [7, 11) is -3.89. The number of anilines is 1. The Morgan fingerprint density at radius 2 is 1.87 bits per heavy atom. The molecule has 284 valence electrons. The lowest BCUT2D eigenvalue weighted by molar-refractivity contribution is -0.0659. The van der Waals surface area contributed by atoms with Gasteiger partial charge in [-0.15, -0.1) is 0 Å². The predicted octanol–water partition coefficient (Wildman–Crippen LogP) is 6.13. The van der Waals surface area contributed by atoms with E-state index in [-0.39, 0.29) is 16.7 Å². The number of hydrogen-bond donors (Lipinski definition) is 1. The molecule has 4 aliphatic heterocycles. The molecule has 1 N–H and O–H groups in total. The van der Waals surface area contributed by atoms with Gasteiger partial charge < -0.3 is 14.4 Å². The van der Waals surface area contributed by atoms with E-state index in [0.29, 0.717) is 30.0 Å². The fourth-order valence-electron chi connectivity index (χ4n) is 10.7. The van der Waals surface area contributed by atoms with Crippen LogP contribution in [0.1, 0.15) is 87.2 Å². The van der Waals surface area contributed by atoms with Crippen LogP contribution in [-0.2, 0) is 26.6 Å². The molecule has 6 aliphatic rings. The summed E-state index contributed by atoms with van der Waals surface area (Å²) in [6.45, 7) is 15.5. The van der Waals surface area contributed by atoms with E-state index >= 15 is 0 Å². The quantitative estimate of drug-likeness (QED) is 0.392. The third kappa shape index (κ3) is 7.00. The minimum Gasteiger partial charge on any atom is -0.490 e. The molecule has 52 heavy (non-hydrogen) atoms. The molecule has 0 aromatic heterocycles. The van der Waals surface area contributed by atoms with E-state index in [0.717, 1.165) is 114 Å². The number of amides is 1. The Hall–Kier alpha value is -2.37. The van der Waals surface area contributed by atoms with E-state index in [1.807, 2.05) is 25.1 Å². The minimum atomic E-state index is -3.89. The molecule has 7 atom stereocenters. The van der Waals surface area contributed by atoms with Crippen molar-refractivity contribution >= 4 is 33.2 Å². The third-order valence-electron chi connectivity index (χ3n) is 14.1. The number of benzene rings is 2. The maximum atomic E-state index is 13.7. The van der Waals surface area contributed by atoms with Crippen molar-refractivity contribution < 1.29 is 22.7 Å². The maximum Gasteiger partial charge on any atom is 0.264 e. The highest BCUT2D eigenvalue weighted by Crippen LogP contribution is 2.52. The monoisotopic (exact) mass is 752 g/mol. The van der Waals surface area contributed by atoms with Crippen molar-refractivity contribution in [3.63, 3.8) is 0 Å². The molecular formula is C41H57ClN4O5S. The Bertz CT molecular complexity index is 1770. The lowest BCUT2D eigenvalue weighted by Crippen LogP contribution is -2.60. The third-order valence-corrected chi connectivity index (χ3v) is 16.3. The first-order chi connectivity index (χ1) is 24.9. The van der Waals surface area contributed by atoms with Gasteiger partial charge >= 0.3 is 0 Å². The second kappa shape index (κ2) is 14.4. The van der Waals surface area contributed by atoms with E-state index in [4.69, 9.17) is 21.1 Å². The average molecular weight is 753 g/mol. The van der Waals surface area contributed by atoms with Gasteiger partial charge in [-0.1, -0.05) is 37.9 Å². The van der Waals surface area contributed by atoms with Crippen LogP contribution in [0, 0.1) is 23.2 Å². The minimum absolute atomic E-state index is 0.0806. The van der Waals surface area contributed by atoms with Crippen molar-refractivity contribution in [2.45, 2.75) is 88.8 Å². The van der Waals surface area contributed by atoms with E-state index in [1.165, 1.54) is 24.0 Å². The summed E-state index contributed by atoms with van der Waals surface area (Å²) < 4.78 is 42.3. The molecule has 3 fully saturated rings. The van der Waals surface area contributed by atoms with Crippen LogP contribution in [0.2, 0.25) is 5.02 Å². The largest absolute Gasteiger partial charge is 0.490 e. The summed E-state index contributed by atoms with van der Waals surface area (Å²) in [5.41, 5.74) is 3.71. The highest BCUT2D eigenvalue weighted by molar-refractivity contribution is 7.90. The van der Waals surface area contributed by atoms with Gasteiger partial charge in [0.1, 0.15) is 5.75 Å². The Morgan fingerprint density at radius 1 is 1.00 bits per heavy atom. The van der Waals surface area contributed by atoms with Crippen LogP contribution in [0.15, 0.2) is 36.4 Å². The topological polar surface area (TPSA) is 91.4 Å². The van der Waals surface area contributed by atoms with Crippen LogP contribution in [0.3, 0.4) is 0 Å². The summed E-state index contributed by atoms with van der Waals surface area (Å²) in [6, 6.07) is 12.3. The lowest BCUT2D eigenvalue weighted by atomic mass is 9.57. The first-order valence-corrected chi connectivity index (χ1v) is 21.8. The molecule has 0 radical (unpaired) electrons. The summed E-state index contributed by atoms with van der Waals surface area (Å²) >= 11 is 6.51. The van der Waals surface area contributed by atoms with Gasteiger partial charge in [-0.25, -0.2) is 13.1 Å². The van der Waals surface area contributed by atoms with Gasteiger partial charge in [-0.3, -0.25) is 14.6 Å². The highest BCUT2D eigenvalue weighted by Gasteiger charge is 2.48. The SMILES string of the molecule is C[C@@H]1[C@@H](C)CCC[C@](C)(CN2CCN3CCOC[C@@H]3C2)[C@@H]2CC[C@H]2CN2C[C@@]3(CCCc4cc(Cl)ccc43)COc3ccc(cc32)C(=O)NS1(=O)=O. The number of fused-ring (bicyclic) bond motifs is 5. The molecule has 4 heterocycles. The van der Waals surface area contributed by atoms with Crippen LogP contribution >= 0.6 is 11.6 Å². The molecular weight excluding hydrogens is 696 g/mol. The number of hydrogen-bond acceptors (Lipinski definition) is 8. The van der Waals surface area contributed by atoms with Gasteiger partial charge in [-0.05, 0) is 116 Å². The molecule has 1 spiro atoms. The molecule has 1 amide bonds. The molecule has 8 rings (SSSR count). The van der Waals surface area contributed by atoms with Crippen LogP contribution in [0.25, 0.3) is 0 Å². The molecule has 2 saturated heterocycles. The van der Waals surface area contributed by atoms with E-state index in [9.17, 15) is 13.2 Å². The van der Waals surface area contributed by atoms with Crippen molar-refractivity contribution in [2.75, 3.05) is 70.5 Å². The van der Waals surface area contributed by atoms with E-state index in [1.54, 1.807) is 13.0 Å². The molecule has 2 aromatic carbocycles. The number of ether oxygens (including phenoxy) is 2. The number of nitrogens with one attached hydrogen (secondary N) is 1. The second-order valence-electron chi connectivity index (χ2n) is 17.4. The summed E-state index contributed by atoms with van der Waals surface area (Å²) in [6.07, 6.45) is 8.29. The van der Waals surface area contributed by atoms with Crippen LogP contribution in [0.4, 0.5) is 5.69 Å². The number of halogens is 1. The fourth-order valence-corrected chi connectivity index (χ4v) is 12.2. The zero-order valence-electron chi connectivity index (χ0n) is 31.2. The number of carbonyl (C=O) groups is 1. The van der Waals surface area contributed by atoms with Crippen LogP contribution in [0.5, 0.6) is 5.75 Å². The normalized spacial score (nSPS) is 35.6. The van der Waals surface area contributed by atoms with Crippen LogP contribution < -0.4 is 14.4 Å². The van der Waals surface area contributed by atoms with Gasteiger partial charge in [0, 0.05) is 67.9 Å². The zero-order chi connectivity index (χ0) is 36.3. The molecule has 11 heteroatoms. The molecule has 2 aromatic rings. The van der Waals surface area contributed by atoms with Crippen molar-refractivity contribution in [1.82, 2.24) is 14.5 Å². The smallest absolute Gasteiger partial charge is 0.264 e. The predicted molar refractivity (Wildman–Crippen MR) is 206 cm³/mol. The zero-order valence-corrected chi connectivity index (χ0v) is 32.8. The van der Waals surface area contributed by atoms with Gasteiger partial charge in [0.25, 0.3) is 5.91 Å². The number of aryl methyl sites for hydroxylation is 1. The lowest BCUT2D eigenvalue weighted by Gasteiger charge is -2.54. The van der Waals surface area contributed by atoms with Gasteiger partial charge in [0.2, 0.25) is 10.0 Å². The first kappa shape index (κ1) is 36.6. The van der Waals surface area contributed by atoms with Crippen molar-refractivity contribution in [2.24, 2.45) is 23.2 Å². The Balaban J connectivity index is 1.16. The van der Waals surface area contributed by atoms with Crippen molar-refractivity contribution in [3.05, 3.63) is 58.1 Å². The maximum absolute atomic E-state index is 13.7. The average Bonchev–Trinajstić information content (AvgIpc) is 3.25. The van der Waals surface area contributed by atoms with Crippen LogP contribution in [-0.4, -0.2) is 101 Å². The van der Waals surface area contributed by atoms with Gasteiger partial charge in [-0.2, -0.15) is 0 Å². The Labute approximate surface area is 315 Å². The summed E-state index contributed by atoms with van der Waals surface area (Å²) in [5, 5.41) is 0.0776.